The van der Waals surface area contributed by atoms with Crippen molar-refractivity contribution in [2.45, 2.75) is 31.3 Å². The molecule has 2 rings (SSSR count). The van der Waals surface area contributed by atoms with Crippen molar-refractivity contribution >= 4 is 17.7 Å². The van der Waals surface area contributed by atoms with Crippen molar-refractivity contribution in [2.24, 2.45) is 5.92 Å². The molecular formula is C23H27F3O5S. The Labute approximate surface area is 189 Å². The number of ether oxygens (including phenoxy) is 3. The van der Waals surface area contributed by atoms with Crippen LogP contribution in [-0.4, -0.2) is 43.3 Å². The third-order valence-corrected chi connectivity index (χ3v) is 5.75. The van der Waals surface area contributed by atoms with Gasteiger partial charge >= 0.3 is 12.1 Å². The summed E-state index contributed by atoms with van der Waals surface area (Å²) in [6.07, 6.45) is -3.62. The standard InChI is InChI=1S/C23H27F3O5S/c1-3-29-11-10-17(13-30-19-6-4-18(5-7-19)23(24,25)26)15-32-20-8-9-21(16(2)12-20)31-14-22(27)28/h4-9,12,17H,3,10-11,13-15H2,1-2H3,(H,27,28). The number of aliphatic carboxylic acids is 1. The van der Waals surface area contributed by atoms with Crippen molar-refractivity contribution < 1.29 is 37.3 Å². The first kappa shape index (κ1) is 25.9. The average molecular weight is 473 g/mol. The van der Waals surface area contributed by atoms with Gasteiger partial charge in [-0.15, -0.1) is 11.8 Å². The minimum Gasteiger partial charge on any atom is -0.493 e. The minimum atomic E-state index is -4.37. The highest BCUT2D eigenvalue weighted by molar-refractivity contribution is 7.99. The van der Waals surface area contributed by atoms with Crippen molar-refractivity contribution in [2.75, 3.05) is 32.2 Å². The number of carboxylic acid groups (broad SMARTS) is 1. The summed E-state index contributed by atoms with van der Waals surface area (Å²) in [4.78, 5) is 11.7. The maximum absolute atomic E-state index is 12.7. The number of carboxylic acids is 1. The Balaban J connectivity index is 1.93. The molecule has 0 heterocycles. The number of halogens is 3. The van der Waals surface area contributed by atoms with Crippen LogP contribution in [0.15, 0.2) is 47.4 Å². The highest BCUT2D eigenvalue weighted by Crippen LogP contribution is 2.31. The first-order valence-electron chi connectivity index (χ1n) is 10.1. The number of alkyl halides is 3. The first-order chi connectivity index (χ1) is 15.2. The van der Waals surface area contributed by atoms with E-state index in [4.69, 9.17) is 19.3 Å². The number of benzene rings is 2. The summed E-state index contributed by atoms with van der Waals surface area (Å²) in [5, 5.41) is 8.74. The van der Waals surface area contributed by atoms with E-state index in [2.05, 4.69) is 0 Å². The Morgan fingerprint density at radius 3 is 2.44 bits per heavy atom. The Bertz CT molecular complexity index is 856. The number of thioether (sulfide) groups is 1. The van der Waals surface area contributed by atoms with E-state index in [9.17, 15) is 18.0 Å². The number of carbonyl (C=O) groups is 1. The van der Waals surface area contributed by atoms with E-state index in [-0.39, 0.29) is 5.92 Å². The molecule has 0 saturated carbocycles. The van der Waals surface area contributed by atoms with Crippen LogP contribution in [0.2, 0.25) is 0 Å². The van der Waals surface area contributed by atoms with E-state index in [0.29, 0.717) is 31.3 Å². The smallest absolute Gasteiger partial charge is 0.416 e. The maximum atomic E-state index is 12.7. The van der Waals surface area contributed by atoms with Crippen molar-refractivity contribution in [1.82, 2.24) is 0 Å². The molecule has 9 heteroatoms. The maximum Gasteiger partial charge on any atom is 0.416 e. The summed E-state index contributed by atoms with van der Waals surface area (Å²) in [6, 6.07) is 10.2. The highest BCUT2D eigenvalue weighted by Gasteiger charge is 2.30. The van der Waals surface area contributed by atoms with E-state index in [0.717, 1.165) is 34.8 Å². The van der Waals surface area contributed by atoms with Crippen LogP contribution >= 0.6 is 11.8 Å². The lowest BCUT2D eigenvalue weighted by Crippen LogP contribution is -2.17. The normalized spacial score (nSPS) is 12.4. The summed E-state index contributed by atoms with van der Waals surface area (Å²) in [5.41, 5.74) is 0.127. The molecule has 0 bridgehead atoms. The fourth-order valence-corrected chi connectivity index (χ4v) is 3.91. The predicted molar refractivity (Wildman–Crippen MR) is 117 cm³/mol. The highest BCUT2D eigenvalue weighted by atomic mass is 32.2. The van der Waals surface area contributed by atoms with Gasteiger partial charge in [0.05, 0.1) is 12.2 Å². The van der Waals surface area contributed by atoms with E-state index >= 15 is 0 Å². The second-order valence-electron chi connectivity index (χ2n) is 7.11. The van der Waals surface area contributed by atoms with Crippen LogP contribution in [0.3, 0.4) is 0 Å². The van der Waals surface area contributed by atoms with Gasteiger partial charge in [-0.2, -0.15) is 13.2 Å². The fourth-order valence-electron chi connectivity index (χ4n) is 2.79. The number of rotatable bonds is 13. The molecule has 0 fully saturated rings. The van der Waals surface area contributed by atoms with Gasteiger partial charge in [-0.1, -0.05) is 0 Å². The van der Waals surface area contributed by atoms with Gasteiger partial charge in [0.1, 0.15) is 11.5 Å². The predicted octanol–water partition coefficient (Wildman–Crippen LogP) is 5.69. The lowest BCUT2D eigenvalue weighted by atomic mass is 10.1. The van der Waals surface area contributed by atoms with E-state index < -0.39 is 24.3 Å². The molecule has 5 nitrogen and oxygen atoms in total. The molecule has 1 N–H and O–H groups in total. The molecule has 0 amide bonds. The van der Waals surface area contributed by atoms with Crippen molar-refractivity contribution in [3.8, 4) is 11.5 Å². The second kappa shape index (κ2) is 12.6. The lowest BCUT2D eigenvalue weighted by Gasteiger charge is -2.18. The van der Waals surface area contributed by atoms with Crippen LogP contribution in [0.5, 0.6) is 11.5 Å². The topological polar surface area (TPSA) is 65.0 Å². The van der Waals surface area contributed by atoms with E-state index in [1.807, 2.05) is 26.0 Å². The van der Waals surface area contributed by atoms with E-state index in [1.165, 1.54) is 12.1 Å². The van der Waals surface area contributed by atoms with Gasteiger partial charge in [0.25, 0.3) is 0 Å². The Morgan fingerprint density at radius 1 is 1.12 bits per heavy atom. The molecule has 0 saturated heterocycles. The van der Waals surface area contributed by atoms with E-state index in [1.54, 1.807) is 17.8 Å². The Kier molecular flexibility index (Phi) is 10.2. The molecule has 2 aromatic carbocycles. The largest absolute Gasteiger partial charge is 0.493 e. The molecule has 32 heavy (non-hydrogen) atoms. The zero-order valence-electron chi connectivity index (χ0n) is 18.0. The number of hydrogen-bond acceptors (Lipinski definition) is 5. The lowest BCUT2D eigenvalue weighted by molar-refractivity contribution is -0.139. The molecule has 0 aromatic heterocycles. The zero-order chi connectivity index (χ0) is 23.6. The van der Waals surface area contributed by atoms with Gasteiger partial charge in [-0.3, -0.25) is 0 Å². The van der Waals surface area contributed by atoms with Crippen LogP contribution in [0.4, 0.5) is 13.2 Å². The molecule has 1 atom stereocenters. The van der Waals surface area contributed by atoms with Crippen molar-refractivity contribution in [1.29, 1.82) is 0 Å². The number of aryl methyl sites for hydroxylation is 1. The molecule has 0 aliphatic rings. The van der Waals surface area contributed by atoms with Crippen LogP contribution in [0.25, 0.3) is 0 Å². The van der Waals surface area contributed by atoms with Gasteiger partial charge in [0.2, 0.25) is 0 Å². The summed E-state index contributed by atoms with van der Waals surface area (Å²) < 4.78 is 54.6. The third kappa shape index (κ3) is 9.00. The summed E-state index contributed by atoms with van der Waals surface area (Å²) in [5.74, 6) is 0.725. The molecule has 1 unspecified atom stereocenters. The summed E-state index contributed by atoms with van der Waals surface area (Å²) >= 11 is 1.62. The zero-order valence-corrected chi connectivity index (χ0v) is 18.8. The Morgan fingerprint density at radius 2 is 1.84 bits per heavy atom. The molecule has 0 radical (unpaired) electrons. The molecule has 2 aromatic rings. The monoisotopic (exact) mass is 472 g/mol. The summed E-state index contributed by atoms with van der Waals surface area (Å²) in [7, 11) is 0. The molecule has 0 spiro atoms. The van der Waals surface area contributed by atoms with Gasteiger partial charge < -0.3 is 19.3 Å². The first-order valence-corrected chi connectivity index (χ1v) is 11.1. The molecule has 176 valence electrons. The molecule has 0 aliphatic heterocycles. The van der Waals surface area contributed by atoms with Crippen LogP contribution in [-0.2, 0) is 15.7 Å². The fraction of sp³-hybridized carbons (Fsp3) is 0.435. The number of hydrogen-bond donors (Lipinski definition) is 1. The third-order valence-electron chi connectivity index (χ3n) is 4.53. The van der Waals surface area contributed by atoms with Crippen LogP contribution < -0.4 is 9.47 Å². The van der Waals surface area contributed by atoms with Gasteiger partial charge in [0.15, 0.2) is 6.61 Å². The SMILES string of the molecule is CCOCCC(COc1ccc(C(F)(F)F)cc1)CSc1ccc(OCC(=O)O)c(C)c1. The van der Waals surface area contributed by atoms with Crippen LogP contribution in [0.1, 0.15) is 24.5 Å². The van der Waals surface area contributed by atoms with Gasteiger partial charge in [-0.05, 0) is 68.3 Å². The quantitative estimate of drug-likeness (QED) is 0.298. The Hall–Kier alpha value is -2.39. The minimum absolute atomic E-state index is 0.122. The van der Waals surface area contributed by atoms with Crippen molar-refractivity contribution in [3.63, 3.8) is 0 Å². The molecule has 0 aliphatic carbocycles. The van der Waals surface area contributed by atoms with Crippen LogP contribution in [0, 0.1) is 12.8 Å². The van der Waals surface area contributed by atoms with Gasteiger partial charge in [-0.25, -0.2) is 4.79 Å². The van der Waals surface area contributed by atoms with Gasteiger partial charge in [0, 0.05) is 29.8 Å². The average Bonchev–Trinajstić information content (AvgIpc) is 2.74. The van der Waals surface area contributed by atoms with Crippen molar-refractivity contribution in [3.05, 3.63) is 53.6 Å². The molecular weight excluding hydrogens is 445 g/mol. The second-order valence-corrected chi connectivity index (χ2v) is 8.20. The summed E-state index contributed by atoms with van der Waals surface area (Å²) in [6.45, 7) is 4.90.